The molecule has 14 heteroatoms. The fourth-order valence-corrected chi connectivity index (χ4v) is 4.31. The molecule has 28 heavy (non-hydrogen) atoms. The largest absolute Gasteiger partial charge is 0.477 e. The van der Waals surface area contributed by atoms with Gasteiger partial charge in [0.1, 0.15) is 30.5 Å². The highest BCUT2D eigenvalue weighted by atomic mass is 32.2. The molecule has 3 rings (SSSR count). The summed E-state index contributed by atoms with van der Waals surface area (Å²) in [5.41, 5.74) is -1.72. The maximum atomic E-state index is 12.8. The normalized spacial score (nSPS) is 23.7. The van der Waals surface area contributed by atoms with E-state index in [9.17, 15) is 24.3 Å². The lowest BCUT2D eigenvalue weighted by Crippen LogP contribution is -2.80. The van der Waals surface area contributed by atoms with E-state index in [1.165, 1.54) is 32.1 Å². The number of thioether (sulfide) groups is 1. The van der Waals surface area contributed by atoms with Gasteiger partial charge in [-0.25, -0.2) is 9.48 Å². The summed E-state index contributed by atoms with van der Waals surface area (Å²) in [4.78, 5) is 48.9. The molecule has 0 bridgehead atoms. The summed E-state index contributed by atoms with van der Waals surface area (Å²) in [5, 5.41) is 21.6. The fourth-order valence-electron chi connectivity index (χ4n) is 2.89. The third kappa shape index (κ3) is 3.31. The van der Waals surface area contributed by atoms with Crippen molar-refractivity contribution < 1.29 is 33.8 Å². The van der Waals surface area contributed by atoms with E-state index in [1.807, 2.05) is 0 Å². The maximum Gasteiger partial charge on any atom is 0.352 e. The molecule has 0 saturated carbocycles. The minimum atomic E-state index is -1.72. The lowest BCUT2D eigenvalue weighted by molar-refractivity contribution is -0.192. The molecule has 1 fully saturated rings. The van der Waals surface area contributed by atoms with Gasteiger partial charge in [0.2, 0.25) is 5.91 Å². The highest BCUT2D eigenvalue weighted by Gasteiger charge is 2.66. The third-order valence-electron chi connectivity index (χ3n) is 4.11. The zero-order valence-electron chi connectivity index (χ0n) is 14.8. The SMILES string of the molecule is CO[C@@]1(NC(=O)Cn2cnnn2)C(=O)N2C(C(=O)O)=C(COC(C)=O)CS[C@@H]21. The van der Waals surface area contributed by atoms with Crippen LogP contribution in [-0.4, -0.2) is 84.5 Å². The first-order valence-corrected chi connectivity index (χ1v) is 8.96. The van der Waals surface area contributed by atoms with Crippen LogP contribution >= 0.6 is 11.8 Å². The fraction of sp³-hybridized carbons (Fsp3) is 0.500. The Morgan fingerprint density at radius 1 is 1.46 bits per heavy atom. The number of hydrogen-bond donors (Lipinski definition) is 2. The quantitative estimate of drug-likeness (QED) is 0.287. The smallest absolute Gasteiger partial charge is 0.352 e. The van der Waals surface area contributed by atoms with E-state index in [0.29, 0.717) is 0 Å². The van der Waals surface area contributed by atoms with Crippen molar-refractivity contribution in [2.75, 3.05) is 19.5 Å². The second kappa shape index (κ2) is 7.55. The Bertz CT molecular complexity index is 856. The predicted octanol–water partition coefficient (Wildman–Crippen LogP) is -2.05. The van der Waals surface area contributed by atoms with Crippen molar-refractivity contribution >= 4 is 35.5 Å². The molecule has 0 unspecified atom stereocenters. The Kier molecular flexibility index (Phi) is 5.33. The summed E-state index contributed by atoms with van der Waals surface area (Å²) in [6.07, 6.45) is 1.23. The van der Waals surface area contributed by atoms with E-state index < -0.39 is 34.9 Å². The molecule has 150 valence electrons. The van der Waals surface area contributed by atoms with Crippen molar-refractivity contribution in [1.29, 1.82) is 0 Å². The number of rotatable bonds is 7. The number of carboxylic acid groups (broad SMARTS) is 1. The number of ether oxygens (including phenoxy) is 2. The van der Waals surface area contributed by atoms with Gasteiger partial charge in [0.15, 0.2) is 0 Å². The number of amides is 2. The van der Waals surface area contributed by atoms with Gasteiger partial charge in [-0.15, -0.1) is 16.9 Å². The zero-order valence-corrected chi connectivity index (χ0v) is 15.6. The molecular formula is C14H16N6O7S. The molecule has 0 aromatic carbocycles. The van der Waals surface area contributed by atoms with Gasteiger partial charge in [-0.1, -0.05) is 0 Å². The molecule has 2 aliphatic rings. The third-order valence-corrected chi connectivity index (χ3v) is 5.48. The van der Waals surface area contributed by atoms with Crippen LogP contribution in [0.15, 0.2) is 17.6 Å². The van der Waals surface area contributed by atoms with Crippen LogP contribution in [0, 0.1) is 0 Å². The van der Waals surface area contributed by atoms with E-state index in [4.69, 9.17) is 9.47 Å². The molecular weight excluding hydrogens is 396 g/mol. The molecule has 2 amide bonds. The number of carbonyl (C=O) groups excluding carboxylic acids is 3. The Labute approximate surface area is 162 Å². The Morgan fingerprint density at radius 3 is 2.79 bits per heavy atom. The summed E-state index contributed by atoms with van der Waals surface area (Å²) in [6, 6.07) is 0. The number of esters is 1. The van der Waals surface area contributed by atoms with Gasteiger partial charge in [-0.2, -0.15) is 0 Å². The summed E-state index contributed by atoms with van der Waals surface area (Å²) in [7, 11) is 1.24. The van der Waals surface area contributed by atoms with Crippen LogP contribution in [-0.2, 0) is 35.2 Å². The number of hydrogen-bond acceptors (Lipinski definition) is 10. The Hall–Kier alpha value is -3.00. The van der Waals surface area contributed by atoms with Crippen LogP contribution in [0.4, 0.5) is 0 Å². The summed E-state index contributed by atoms with van der Waals surface area (Å²) in [6.45, 7) is 0.707. The van der Waals surface area contributed by atoms with Gasteiger partial charge in [-0.3, -0.25) is 19.3 Å². The van der Waals surface area contributed by atoms with Crippen LogP contribution < -0.4 is 5.32 Å². The van der Waals surface area contributed by atoms with Crippen LogP contribution in [0.25, 0.3) is 0 Å². The topological polar surface area (TPSA) is 166 Å². The molecule has 2 atom stereocenters. The standard InChI is InChI=1S/C14H16N6O7S/c1-7(21)27-4-8-5-28-13-14(26-2,12(25)20(13)10(8)11(23)24)16-9(22)3-19-6-15-17-18-19/h6,13H,3-5H2,1-2H3,(H,16,22)(H,23,24)/t13-,14+/m1/s1. The van der Waals surface area contributed by atoms with Crippen LogP contribution in [0.3, 0.4) is 0 Å². The van der Waals surface area contributed by atoms with Gasteiger partial charge in [0, 0.05) is 25.4 Å². The maximum absolute atomic E-state index is 12.8. The van der Waals surface area contributed by atoms with Gasteiger partial charge in [0.25, 0.3) is 11.6 Å². The van der Waals surface area contributed by atoms with Crippen molar-refractivity contribution in [1.82, 2.24) is 30.4 Å². The van der Waals surface area contributed by atoms with E-state index in [2.05, 4.69) is 20.8 Å². The number of tetrazole rings is 1. The predicted molar refractivity (Wildman–Crippen MR) is 90.1 cm³/mol. The van der Waals surface area contributed by atoms with E-state index in [0.717, 1.165) is 9.58 Å². The molecule has 1 saturated heterocycles. The molecule has 2 aliphatic heterocycles. The van der Waals surface area contributed by atoms with E-state index in [1.54, 1.807) is 0 Å². The number of carboxylic acids is 1. The van der Waals surface area contributed by atoms with Crippen LogP contribution in [0.1, 0.15) is 6.92 Å². The van der Waals surface area contributed by atoms with Gasteiger partial charge < -0.3 is 19.9 Å². The number of aliphatic carboxylic acids is 1. The van der Waals surface area contributed by atoms with Gasteiger partial charge >= 0.3 is 11.9 Å². The van der Waals surface area contributed by atoms with Crippen molar-refractivity contribution in [2.24, 2.45) is 0 Å². The first-order valence-electron chi connectivity index (χ1n) is 7.91. The van der Waals surface area contributed by atoms with Gasteiger partial charge in [-0.05, 0) is 10.4 Å². The average molecular weight is 412 g/mol. The number of β-lactam (4-membered cyclic amide) rings is 1. The molecule has 0 aliphatic carbocycles. The van der Waals surface area contributed by atoms with Crippen LogP contribution in [0.2, 0.25) is 0 Å². The highest BCUT2D eigenvalue weighted by Crippen LogP contribution is 2.46. The molecule has 2 N–H and O–H groups in total. The van der Waals surface area contributed by atoms with E-state index >= 15 is 0 Å². The summed E-state index contributed by atoms with van der Waals surface area (Å²) in [5.74, 6) is -3.06. The van der Waals surface area contributed by atoms with E-state index in [-0.39, 0.29) is 30.2 Å². The van der Waals surface area contributed by atoms with Crippen molar-refractivity contribution in [3.63, 3.8) is 0 Å². The summed E-state index contributed by atoms with van der Waals surface area (Å²) >= 11 is 1.18. The average Bonchev–Trinajstić information content (AvgIpc) is 3.15. The number of nitrogens with one attached hydrogen (secondary N) is 1. The van der Waals surface area contributed by atoms with Crippen molar-refractivity contribution in [2.45, 2.75) is 24.6 Å². The van der Waals surface area contributed by atoms with Crippen LogP contribution in [0.5, 0.6) is 0 Å². The monoisotopic (exact) mass is 412 g/mol. The molecule has 0 spiro atoms. The Balaban J connectivity index is 1.81. The number of methoxy groups -OCH3 is 1. The number of aromatic nitrogens is 4. The molecule has 13 nitrogen and oxygen atoms in total. The number of fused-ring (bicyclic) bond motifs is 1. The minimum absolute atomic E-state index is 0.178. The van der Waals surface area contributed by atoms with Crippen molar-refractivity contribution in [3.05, 3.63) is 17.6 Å². The Morgan fingerprint density at radius 2 is 2.21 bits per heavy atom. The van der Waals surface area contributed by atoms with Gasteiger partial charge in [0.05, 0.1) is 0 Å². The lowest BCUT2D eigenvalue weighted by Gasteiger charge is -2.55. The first kappa shape index (κ1) is 19.8. The second-order valence-electron chi connectivity index (χ2n) is 5.87. The minimum Gasteiger partial charge on any atom is -0.477 e. The van der Waals surface area contributed by atoms with Crippen molar-refractivity contribution in [3.8, 4) is 0 Å². The summed E-state index contributed by atoms with van der Waals surface area (Å²) < 4.78 is 11.3. The first-order chi connectivity index (χ1) is 13.3. The number of carbonyl (C=O) groups is 4. The lowest BCUT2D eigenvalue weighted by atomic mass is 9.98. The molecule has 3 heterocycles. The highest BCUT2D eigenvalue weighted by molar-refractivity contribution is 8.00. The molecule has 1 aromatic heterocycles. The zero-order chi connectivity index (χ0) is 20.5. The molecule has 0 radical (unpaired) electrons. The second-order valence-corrected chi connectivity index (χ2v) is 6.94. The molecule has 1 aromatic rings. The number of nitrogens with zero attached hydrogens (tertiary/aromatic N) is 5.